The highest BCUT2D eigenvalue weighted by molar-refractivity contribution is 5.34. The number of nitrogens with zero attached hydrogens (tertiary/aromatic N) is 3. The zero-order valence-corrected chi connectivity index (χ0v) is 11.7. The SMILES string of the molecule is CCNc1nnc(C(C)(N)c2ccccc2)n1CC. The third-order valence-corrected chi connectivity index (χ3v) is 3.24. The molecule has 0 aliphatic carbocycles. The Kier molecular flexibility index (Phi) is 3.85. The van der Waals surface area contributed by atoms with Crippen LogP contribution in [-0.2, 0) is 12.1 Å². The topological polar surface area (TPSA) is 68.8 Å². The van der Waals surface area contributed by atoms with E-state index in [0.29, 0.717) is 0 Å². The molecule has 5 nitrogen and oxygen atoms in total. The van der Waals surface area contributed by atoms with E-state index in [1.54, 1.807) is 0 Å². The van der Waals surface area contributed by atoms with Gasteiger partial charge in [-0.15, -0.1) is 10.2 Å². The van der Waals surface area contributed by atoms with Crippen molar-refractivity contribution in [2.75, 3.05) is 11.9 Å². The van der Waals surface area contributed by atoms with Gasteiger partial charge in [0.15, 0.2) is 5.82 Å². The smallest absolute Gasteiger partial charge is 0.224 e. The second-order valence-electron chi connectivity index (χ2n) is 4.69. The van der Waals surface area contributed by atoms with Gasteiger partial charge in [0.25, 0.3) is 0 Å². The highest BCUT2D eigenvalue weighted by Crippen LogP contribution is 2.26. The molecule has 0 spiro atoms. The molecule has 0 aliphatic rings. The zero-order valence-electron chi connectivity index (χ0n) is 11.7. The molecule has 2 rings (SSSR count). The van der Waals surface area contributed by atoms with Crippen molar-refractivity contribution in [2.45, 2.75) is 32.9 Å². The van der Waals surface area contributed by atoms with E-state index in [1.807, 2.05) is 48.7 Å². The van der Waals surface area contributed by atoms with Crippen LogP contribution in [0.2, 0.25) is 0 Å². The Labute approximate surface area is 113 Å². The van der Waals surface area contributed by atoms with Crippen LogP contribution in [0.1, 0.15) is 32.2 Å². The quantitative estimate of drug-likeness (QED) is 0.861. The van der Waals surface area contributed by atoms with Crippen LogP contribution in [0.15, 0.2) is 30.3 Å². The van der Waals surface area contributed by atoms with Gasteiger partial charge in [-0.3, -0.25) is 4.57 Å². The standard InChI is InChI=1S/C14H21N5/c1-4-16-13-18-17-12(19(13)5-2)14(3,15)11-9-7-6-8-10-11/h6-10H,4-5,15H2,1-3H3,(H,16,18). The monoisotopic (exact) mass is 259 g/mol. The molecule has 0 fully saturated rings. The van der Waals surface area contributed by atoms with Crippen LogP contribution in [-0.4, -0.2) is 21.3 Å². The number of nitrogens with one attached hydrogen (secondary N) is 1. The van der Waals surface area contributed by atoms with E-state index in [-0.39, 0.29) is 0 Å². The lowest BCUT2D eigenvalue weighted by molar-refractivity contribution is 0.517. The lowest BCUT2D eigenvalue weighted by atomic mass is 9.92. The summed E-state index contributed by atoms with van der Waals surface area (Å²) in [5.41, 5.74) is 6.87. The Balaban J connectivity index is 2.46. The number of benzene rings is 1. The molecule has 1 aromatic carbocycles. The van der Waals surface area contributed by atoms with Crippen molar-refractivity contribution in [1.29, 1.82) is 0 Å². The van der Waals surface area contributed by atoms with Crippen molar-refractivity contribution >= 4 is 5.95 Å². The molecule has 1 heterocycles. The average molecular weight is 259 g/mol. The fourth-order valence-corrected chi connectivity index (χ4v) is 2.19. The van der Waals surface area contributed by atoms with Gasteiger partial charge in [0.2, 0.25) is 5.95 Å². The maximum absolute atomic E-state index is 6.49. The lowest BCUT2D eigenvalue weighted by Gasteiger charge is -2.25. The molecule has 1 atom stereocenters. The van der Waals surface area contributed by atoms with Gasteiger partial charge in [0, 0.05) is 13.1 Å². The van der Waals surface area contributed by atoms with Gasteiger partial charge < -0.3 is 11.1 Å². The second kappa shape index (κ2) is 5.40. The summed E-state index contributed by atoms with van der Waals surface area (Å²) < 4.78 is 2.02. The summed E-state index contributed by atoms with van der Waals surface area (Å²) in [6, 6.07) is 9.98. The molecule has 5 heteroatoms. The number of aromatic nitrogens is 3. The first kappa shape index (κ1) is 13.5. The summed E-state index contributed by atoms with van der Waals surface area (Å²) in [6.07, 6.45) is 0. The summed E-state index contributed by atoms with van der Waals surface area (Å²) in [5, 5.41) is 11.7. The third kappa shape index (κ3) is 2.46. The van der Waals surface area contributed by atoms with Crippen molar-refractivity contribution in [3.8, 4) is 0 Å². The van der Waals surface area contributed by atoms with Crippen LogP contribution in [0.5, 0.6) is 0 Å². The largest absolute Gasteiger partial charge is 0.355 e. The first-order valence-corrected chi connectivity index (χ1v) is 6.63. The minimum Gasteiger partial charge on any atom is -0.355 e. The minimum absolute atomic E-state index is 0.655. The fraction of sp³-hybridized carbons (Fsp3) is 0.429. The van der Waals surface area contributed by atoms with Crippen LogP contribution >= 0.6 is 0 Å². The molecule has 1 aromatic heterocycles. The molecular formula is C14H21N5. The van der Waals surface area contributed by atoms with Crippen LogP contribution in [0.25, 0.3) is 0 Å². The molecule has 0 saturated heterocycles. The molecule has 0 amide bonds. The van der Waals surface area contributed by atoms with E-state index in [9.17, 15) is 0 Å². The number of hydrogen-bond acceptors (Lipinski definition) is 4. The molecule has 3 N–H and O–H groups in total. The Bertz CT molecular complexity index is 530. The predicted molar refractivity (Wildman–Crippen MR) is 76.9 cm³/mol. The van der Waals surface area contributed by atoms with Gasteiger partial charge in [-0.25, -0.2) is 0 Å². The predicted octanol–water partition coefficient (Wildman–Crippen LogP) is 1.95. The second-order valence-corrected chi connectivity index (χ2v) is 4.69. The van der Waals surface area contributed by atoms with Crippen molar-refractivity contribution < 1.29 is 0 Å². The van der Waals surface area contributed by atoms with Crippen LogP contribution in [0, 0.1) is 0 Å². The Morgan fingerprint density at radius 2 is 1.89 bits per heavy atom. The number of hydrogen-bond donors (Lipinski definition) is 2. The number of anilines is 1. The summed E-state index contributed by atoms with van der Waals surface area (Å²) in [6.45, 7) is 7.66. The van der Waals surface area contributed by atoms with Crippen molar-refractivity contribution in [2.24, 2.45) is 5.73 Å². The third-order valence-electron chi connectivity index (χ3n) is 3.24. The summed E-state index contributed by atoms with van der Waals surface area (Å²) in [4.78, 5) is 0. The zero-order chi connectivity index (χ0) is 13.9. The molecule has 0 saturated carbocycles. The lowest BCUT2D eigenvalue weighted by Crippen LogP contribution is -2.37. The molecule has 0 bridgehead atoms. The highest BCUT2D eigenvalue weighted by Gasteiger charge is 2.30. The number of rotatable bonds is 5. The summed E-state index contributed by atoms with van der Waals surface area (Å²) in [5.74, 6) is 1.55. The molecule has 0 radical (unpaired) electrons. The van der Waals surface area contributed by atoms with E-state index in [4.69, 9.17) is 5.73 Å². The van der Waals surface area contributed by atoms with Crippen LogP contribution in [0.4, 0.5) is 5.95 Å². The minimum atomic E-state index is -0.655. The maximum Gasteiger partial charge on any atom is 0.224 e. The molecule has 102 valence electrons. The summed E-state index contributed by atoms with van der Waals surface area (Å²) in [7, 11) is 0. The van der Waals surface area contributed by atoms with E-state index in [1.165, 1.54) is 0 Å². The molecule has 1 unspecified atom stereocenters. The first-order valence-electron chi connectivity index (χ1n) is 6.63. The maximum atomic E-state index is 6.49. The van der Waals surface area contributed by atoms with Crippen molar-refractivity contribution in [1.82, 2.24) is 14.8 Å². The Morgan fingerprint density at radius 3 is 2.47 bits per heavy atom. The first-order chi connectivity index (χ1) is 9.11. The molecular weight excluding hydrogens is 238 g/mol. The van der Waals surface area contributed by atoms with E-state index in [2.05, 4.69) is 22.4 Å². The van der Waals surface area contributed by atoms with Crippen LogP contribution < -0.4 is 11.1 Å². The van der Waals surface area contributed by atoms with Gasteiger partial charge in [-0.1, -0.05) is 30.3 Å². The number of nitrogens with two attached hydrogens (primary N) is 1. The van der Waals surface area contributed by atoms with Crippen LogP contribution in [0.3, 0.4) is 0 Å². The summed E-state index contributed by atoms with van der Waals surface area (Å²) >= 11 is 0. The fourth-order valence-electron chi connectivity index (χ4n) is 2.19. The highest BCUT2D eigenvalue weighted by atomic mass is 15.4. The molecule has 2 aromatic rings. The van der Waals surface area contributed by atoms with Gasteiger partial charge in [-0.2, -0.15) is 0 Å². The van der Waals surface area contributed by atoms with E-state index >= 15 is 0 Å². The molecule has 0 aliphatic heterocycles. The van der Waals surface area contributed by atoms with Gasteiger partial charge in [0.1, 0.15) is 0 Å². The van der Waals surface area contributed by atoms with E-state index in [0.717, 1.165) is 30.4 Å². The normalized spacial score (nSPS) is 14.1. The Morgan fingerprint density at radius 1 is 1.21 bits per heavy atom. The van der Waals surface area contributed by atoms with Gasteiger partial charge >= 0.3 is 0 Å². The average Bonchev–Trinajstić information content (AvgIpc) is 2.84. The van der Waals surface area contributed by atoms with Gasteiger partial charge in [0.05, 0.1) is 5.54 Å². The van der Waals surface area contributed by atoms with Crippen molar-refractivity contribution in [3.63, 3.8) is 0 Å². The molecule has 19 heavy (non-hydrogen) atoms. The van der Waals surface area contributed by atoms with Crippen molar-refractivity contribution in [3.05, 3.63) is 41.7 Å². The van der Waals surface area contributed by atoms with E-state index < -0.39 is 5.54 Å². The van der Waals surface area contributed by atoms with Gasteiger partial charge in [-0.05, 0) is 26.3 Å². The Hall–Kier alpha value is -1.88.